The molecule has 0 radical (unpaired) electrons. The average Bonchev–Trinajstić information content (AvgIpc) is 3.50. The molecule has 1 N–H and O–H groups in total. The molecule has 1 atom stereocenters. The molecule has 2 aliphatic rings. The second kappa shape index (κ2) is 10.6. The quantitative estimate of drug-likeness (QED) is 0.632. The first-order valence-electron chi connectivity index (χ1n) is 11.2. The third kappa shape index (κ3) is 5.20. The van der Waals surface area contributed by atoms with Crippen LogP contribution in [0.4, 0.5) is 5.00 Å². The van der Waals surface area contributed by atoms with Gasteiger partial charge in [-0.3, -0.25) is 9.69 Å². The number of amides is 1. The predicted molar refractivity (Wildman–Crippen MR) is 124 cm³/mol. The van der Waals surface area contributed by atoms with Crippen molar-refractivity contribution >= 4 is 28.2 Å². The van der Waals surface area contributed by atoms with E-state index in [4.69, 9.17) is 14.2 Å². The van der Waals surface area contributed by atoms with Crippen molar-refractivity contribution in [2.24, 2.45) is 5.92 Å². The van der Waals surface area contributed by atoms with Crippen LogP contribution in [0, 0.1) is 5.92 Å². The molecule has 172 valence electrons. The summed E-state index contributed by atoms with van der Waals surface area (Å²) in [7, 11) is 0. The number of hydrogen-bond donors (Lipinski definition) is 1. The zero-order valence-corrected chi connectivity index (χ0v) is 19.4. The fraction of sp³-hybridized carbons (Fsp3) is 0.500. The standard InChI is InChI=1S/C24H30N2O5S/c1-3-29-23(28)19-15-20(17-7-5-4-6-8-17)32-22(19)25-21(27)16(2)26-11-9-18(10-12-26)24-30-13-14-31-24/h4-8,15-16,18,24H,3,9-14H2,1-2H3,(H,25,27). The van der Waals surface area contributed by atoms with E-state index in [0.717, 1.165) is 36.4 Å². The number of thiophene rings is 1. The molecule has 1 amide bonds. The van der Waals surface area contributed by atoms with E-state index < -0.39 is 5.97 Å². The first-order chi connectivity index (χ1) is 15.6. The summed E-state index contributed by atoms with van der Waals surface area (Å²) in [5.74, 6) is -0.166. The molecule has 2 fully saturated rings. The molecule has 7 nitrogen and oxygen atoms in total. The number of carbonyl (C=O) groups is 2. The van der Waals surface area contributed by atoms with Crippen molar-refractivity contribution in [3.63, 3.8) is 0 Å². The third-order valence-corrected chi connectivity index (χ3v) is 7.16. The Morgan fingerprint density at radius 2 is 1.88 bits per heavy atom. The lowest BCUT2D eigenvalue weighted by molar-refractivity contribution is -0.123. The van der Waals surface area contributed by atoms with Crippen molar-refractivity contribution in [3.8, 4) is 10.4 Å². The number of nitrogens with zero attached hydrogens (tertiary/aromatic N) is 1. The Balaban J connectivity index is 1.43. The van der Waals surface area contributed by atoms with Crippen LogP contribution >= 0.6 is 11.3 Å². The van der Waals surface area contributed by atoms with E-state index in [-0.39, 0.29) is 24.8 Å². The molecule has 0 spiro atoms. The lowest BCUT2D eigenvalue weighted by atomic mass is 9.95. The van der Waals surface area contributed by atoms with E-state index >= 15 is 0 Å². The number of carbonyl (C=O) groups excluding carboxylic acids is 2. The summed E-state index contributed by atoms with van der Waals surface area (Å²) >= 11 is 1.39. The molecule has 3 heterocycles. The molecule has 2 aromatic rings. The minimum absolute atomic E-state index is 0.101. The summed E-state index contributed by atoms with van der Waals surface area (Å²) in [6.07, 6.45) is 1.78. The lowest BCUT2D eigenvalue weighted by Gasteiger charge is -2.36. The number of esters is 1. The Kier molecular flexibility index (Phi) is 7.57. The lowest BCUT2D eigenvalue weighted by Crippen LogP contribution is -2.47. The van der Waals surface area contributed by atoms with Gasteiger partial charge in [0.05, 0.1) is 31.4 Å². The van der Waals surface area contributed by atoms with Crippen molar-refractivity contribution in [1.29, 1.82) is 0 Å². The first kappa shape index (κ1) is 22.9. The molecule has 1 aromatic carbocycles. The van der Waals surface area contributed by atoms with E-state index in [0.29, 0.717) is 29.7 Å². The Hall–Kier alpha value is -2.26. The zero-order chi connectivity index (χ0) is 22.5. The normalized spacial score (nSPS) is 19.1. The Bertz CT molecular complexity index is 918. The van der Waals surface area contributed by atoms with Crippen LogP contribution in [0.5, 0.6) is 0 Å². The number of nitrogens with one attached hydrogen (secondary N) is 1. The second-order valence-corrected chi connectivity index (χ2v) is 9.14. The molecule has 0 aliphatic carbocycles. The van der Waals surface area contributed by atoms with Crippen molar-refractivity contribution in [1.82, 2.24) is 4.90 Å². The van der Waals surface area contributed by atoms with Gasteiger partial charge in [-0.1, -0.05) is 30.3 Å². The van der Waals surface area contributed by atoms with Crippen LogP contribution < -0.4 is 5.32 Å². The molecule has 8 heteroatoms. The molecule has 1 aromatic heterocycles. The third-order valence-electron chi connectivity index (χ3n) is 6.06. The van der Waals surface area contributed by atoms with Crippen LogP contribution in [-0.4, -0.2) is 62.0 Å². The smallest absolute Gasteiger partial charge is 0.341 e. The molecule has 2 aliphatic heterocycles. The van der Waals surface area contributed by atoms with Crippen molar-refractivity contribution < 1.29 is 23.8 Å². The fourth-order valence-electron chi connectivity index (χ4n) is 4.20. The van der Waals surface area contributed by atoms with E-state index in [1.807, 2.05) is 37.3 Å². The van der Waals surface area contributed by atoms with E-state index in [9.17, 15) is 9.59 Å². The van der Waals surface area contributed by atoms with Crippen LogP contribution in [0.3, 0.4) is 0 Å². The van der Waals surface area contributed by atoms with Gasteiger partial charge in [-0.25, -0.2) is 4.79 Å². The van der Waals surface area contributed by atoms with Gasteiger partial charge in [-0.05, 0) is 51.4 Å². The highest BCUT2D eigenvalue weighted by molar-refractivity contribution is 7.20. The van der Waals surface area contributed by atoms with Crippen molar-refractivity contribution in [2.75, 3.05) is 38.2 Å². The van der Waals surface area contributed by atoms with Gasteiger partial charge in [0.2, 0.25) is 5.91 Å². The number of piperidine rings is 1. The first-order valence-corrected chi connectivity index (χ1v) is 12.0. The fourth-order valence-corrected chi connectivity index (χ4v) is 5.25. The van der Waals surface area contributed by atoms with Gasteiger partial charge in [0.1, 0.15) is 5.00 Å². The van der Waals surface area contributed by atoms with Crippen LogP contribution in [0.15, 0.2) is 36.4 Å². The highest BCUT2D eigenvalue weighted by Gasteiger charge is 2.33. The molecule has 0 bridgehead atoms. The highest BCUT2D eigenvalue weighted by atomic mass is 32.1. The van der Waals surface area contributed by atoms with Crippen LogP contribution in [-0.2, 0) is 19.0 Å². The summed E-state index contributed by atoms with van der Waals surface area (Å²) in [5, 5.41) is 3.52. The Labute approximate surface area is 192 Å². The summed E-state index contributed by atoms with van der Waals surface area (Å²) in [4.78, 5) is 28.7. The van der Waals surface area contributed by atoms with E-state index in [1.165, 1.54) is 11.3 Å². The predicted octanol–water partition coefficient (Wildman–Crippen LogP) is 4.00. The number of anilines is 1. The van der Waals surface area contributed by atoms with E-state index in [2.05, 4.69) is 10.2 Å². The van der Waals surface area contributed by atoms with Crippen LogP contribution in [0.2, 0.25) is 0 Å². The van der Waals surface area contributed by atoms with E-state index in [1.54, 1.807) is 13.0 Å². The largest absolute Gasteiger partial charge is 0.462 e. The second-order valence-electron chi connectivity index (χ2n) is 8.09. The Morgan fingerprint density at radius 1 is 1.19 bits per heavy atom. The summed E-state index contributed by atoms with van der Waals surface area (Å²) < 4.78 is 16.5. The molecular formula is C24H30N2O5S. The van der Waals surface area contributed by atoms with Crippen LogP contribution in [0.25, 0.3) is 10.4 Å². The van der Waals surface area contributed by atoms with Gasteiger partial charge >= 0.3 is 5.97 Å². The monoisotopic (exact) mass is 458 g/mol. The minimum atomic E-state index is -0.425. The van der Waals surface area contributed by atoms with Crippen molar-refractivity contribution in [3.05, 3.63) is 42.0 Å². The highest BCUT2D eigenvalue weighted by Crippen LogP contribution is 2.36. The van der Waals surface area contributed by atoms with Gasteiger partial charge in [-0.2, -0.15) is 0 Å². The van der Waals surface area contributed by atoms with Gasteiger partial charge in [0.25, 0.3) is 0 Å². The SMILES string of the molecule is CCOC(=O)c1cc(-c2ccccc2)sc1NC(=O)C(C)N1CCC(C2OCCO2)CC1. The maximum atomic E-state index is 13.1. The summed E-state index contributed by atoms with van der Waals surface area (Å²) in [6.45, 7) is 6.92. The van der Waals surface area contributed by atoms with Gasteiger partial charge in [0, 0.05) is 10.8 Å². The molecular weight excluding hydrogens is 428 g/mol. The number of ether oxygens (including phenoxy) is 3. The van der Waals surface area contributed by atoms with Crippen LogP contribution in [0.1, 0.15) is 37.0 Å². The van der Waals surface area contributed by atoms with Crippen molar-refractivity contribution in [2.45, 2.75) is 39.0 Å². The maximum absolute atomic E-state index is 13.1. The number of likely N-dealkylation sites (tertiary alicyclic amines) is 1. The number of benzene rings is 1. The molecule has 2 saturated heterocycles. The molecule has 0 saturated carbocycles. The van der Waals surface area contributed by atoms with Gasteiger partial charge in [0.15, 0.2) is 6.29 Å². The number of rotatable bonds is 7. The maximum Gasteiger partial charge on any atom is 0.341 e. The summed E-state index contributed by atoms with van der Waals surface area (Å²) in [6, 6.07) is 11.3. The summed E-state index contributed by atoms with van der Waals surface area (Å²) in [5.41, 5.74) is 1.39. The molecule has 4 rings (SSSR count). The topological polar surface area (TPSA) is 77.1 Å². The zero-order valence-electron chi connectivity index (χ0n) is 18.5. The van der Waals surface area contributed by atoms with Gasteiger partial charge in [-0.15, -0.1) is 11.3 Å². The molecule has 1 unspecified atom stereocenters. The average molecular weight is 459 g/mol. The Morgan fingerprint density at radius 3 is 2.53 bits per heavy atom. The van der Waals surface area contributed by atoms with Gasteiger partial charge < -0.3 is 19.5 Å². The minimum Gasteiger partial charge on any atom is -0.462 e. The number of hydrogen-bond acceptors (Lipinski definition) is 7. The molecule has 32 heavy (non-hydrogen) atoms.